The van der Waals surface area contributed by atoms with Gasteiger partial charge in [-0.1, -0.05) is 42.5 Å². The molecule has 2 aromatic carbocycles. The smallest absolute Gasteiger partial charge is 0.255 e. The van der Waals surface area contributed by atoms with E-state index in [1.165, 1.54) is 36.8 Å². The standard InChI is InChI=1S/C29H30N2O8S/c1-31(2)22-21-24(34)18-15(12-40-11-13-7-4-3-5-8-13)14-9-6-10-16(32)17(14)23(33)19(18)26(36)29(21,39)27(37)20(25(22)35)28(30)38/h3-10,15,18,21-22,24,32-34,37,39H,11-12H2,1-2H3,(H2,30,38)/t15-,18+,21+,22-,24-,29-/m0/s1. The van der Waals surface area contributed by atoms with E-state index < -0.39 is 75.6 Å². The van der Waals surface area contributed by atoms with Crippen molar-refractivity contribution in [3.8, 4) is 5.75 Å². The molecule has 0 radical (unpaired) electrons. The maximum atomic E-state index is 14.1. The predicted octanol–water partition coefficient (Wildman–Crippen LogP) is 1.41. The lowest BCUT2D eigenvalue weighted by molar-refractivity contribution is -0.169. The number of rotatable bonds is 6. The van der Waals surface area contributed by atoms with Crippen molar-refractivity contribution in [2.45, 2.75) is 29.4 Å². The van der Waals surface area contributed by atoms with E-state index in [1.54, 1.807) is 12.1 Å². The Bertz CT molecular complexity index is 1470. The Labute approximate surface area is 234 Å². The first-order chi connectivity index (χ1) is 18.9. The molecule has 1 amide bonds. The number of ketones is 2. The Hall–Kier alpha value is -3.64. The number of carbonyl (C=O) groups excluding carboxylic acids is 3. The number of thioether (sulfide) groups is 1. The molecule has 40 heavy (non-hydrogen) atoms. The molecule has 0 bridgehead atoms. The van der Waals surface area contributed by atoms with Crippen molar-refractivity contribution in [2.24, 2.45) is 17.6 Å². The third kappa shape index (κ3) is 3.95. The van der Waals surface area contributed by atoms with Gasteiger partial charge in [0, 0.05) is 28.9 Å². The maximum Gasteiger partial charge on any atom is 0.255 e. The Morgan fingerprint density at radius 2 is 1.73 bits per heavy atom. The molecule has 210 valence electrons. The summed E-state index contributed by atoms with van der Waals surface area (Å²) in [6, 6.07) is 12.9. The fourth-order valence-corrected chi connectivity index (χ4v) is 7.66. The van der Waals surface area contributed by atoms with Gasteiger partial charge in [0.2, 0.25) is 5.78 Å². The largest absolute Gasteiger partial charge is 0.508 e. The van der Waals surface area contributed by atoms with Gasteiger partial charge in [0.05, 0.1) is 23.6 Å². The van der Waals surface area contributed by atoms with Crippen molar-refractivity contribution in [1.82, 2.24) is 4.90 Å². The second kappa shape index (κ2) is 10.1. The minimum absolute atomic E-state index is 0.0173. The van der Waals surface area contributed by atoms with Crippen LogP contribution in [0.25, 0.3) is 5.76 Å². The molecular weight excluding hydrogens is 536 g/mol. The summed E-state index contributed by atoms with van der Waals surface area (Å²) >= 11 is 1.52. The maximum absolute atomic E-state index is 14.1. The number of hydrogen-bond acceptors (Lipinski definition) is 10. The van der Waals surface area contributed by atoms with Crippen LogP contribution in [0.15, 0.2) is 65.4 Å². The molecular formula is C29H30N2O8S. The monoisotopic (exact) mass is 566 g/mol. The summed E-state index contributed by atoms with van der Waals surface area (Å²) in [6.07, 6.45) is -1.63. The van der Waals surface area contributed by atoms with Crippen LogP contribution in [0.3, 0.4) is 0 Å². The van der Waals surface area contributed by atoms with Gasteiger partial charge in [-0.15, -0.1) is 0 Å². The zero-order valence-corrected chi connectivity index (χ0v) is 22.6. The lowest BCUT2D eigenvalue weighted by Crippen LogP contribution is -2.70. The van der Waals surface area contributed by atoms with Gasteiger partial charge in [-0.05, 0) is 31.3 Å². The molecule has 1 saturated carbocycles. The second-order valence-corrected chi connectivity index (χ2v) is 11.6. The van der Waals surface area contributed by atoms with E-state index in [9.17, 15) is 39.9 Å². The van der Waals surface area contributed by atoms with Crippen molar-refractivity contribution >= 4 is 35.0 Å². The third-order valence-electron chi connectivity index (χ3n) is 8.21. The van der Waals surface area contributed by atoms with Crippen LogP contribution >= 0.6 is 11.8 Å². The van der Waals surface area contributed by atoms with Crippen LogP contribution in [0, 0.1) is 11.8 Å². The summed E-state index contributed by atoms with van der Waals surface area (Å²) in [5.41, 5.74) is 2.61. The quantitative estimate of drug-likeness (QED) is 0.280. The highest BCUT2D eigenvalue weighted by atomic mass is 32.2. The van der Waals surface area contributed by atoms with E-state index in [0.717, 1.165) is 5.56 Å². The molecule has 11 heteroatoms. The van der Waals surface area contributed by atoms with E-state index in [2.05, 4.69) is 0 Å². The fraction of sp³-hybridized carbons (Fsp3) is 0.345. The Morgan fingerprint density at radius 3 is 2.35 bits per heavy atom. The zero-order valence-electron chi connectivity index (χ0n) is 21.8. The van der Waals surface area contributed by atoms with Crippen LogP contribution in [-0.2, 0) is 20.1 Å². The third-order valence-corrected chi connectivity index (χ3v) is 9.34. The number of phenols is 1. The number of carbonyl (C=O) groups is 3. The van der Waals surface area contributed by atoms with Crippen molar-refractivity contribution < 1.29 is 39.9 Å². The van der Waals surface area contributed by atoms with Crippen molar-refractivity contribution in [3.63, 3.8) is 0 Å². The van der Waals surface area contributed by atoms with Crippen LogP contribution in [0.4, 0.5) is 0 Å². The molecule has 6 atom stereocenters. The number of Topliss-reactive ketones (excluding diaryl/α,β-unsaturated/α-hetero) is 2. The number of primary amides is 1. The lowest BCUT2D eigenvalue weighted by atomic mass is 9.54. The van der Waals surface area contributed by atoms with Crippen LogP contribution in [0.2, 0.25) is 0 Å². The number of aromatic hydroxyl groups is 1. The summed E-state index contributed by atoms with van der Waals surface area (Å²) < 4.78 is 0. The van der Waals surface area contributed by atoms with Crippen LogP contribution in [-0.4, -0.2) is 85.5 Å². The van der Waals surface area contributed by atoms with Crippen LogP contribution in [0.1, 0.15) is 22.6 Å². The number of likely N-dealkylation sites (N-methyl/N-ethyl adjacent to an activating group) is 1. The normalized spacial score (nSPS) is 29.8. The summed E-state index contributed by atoms with van der Waals surface area (Å²) in [5.74, 6) is -8.04. The van der Waals surface area contributed by atoms with Gasteiger partial charge in [0.15, 0.2) is 11.4 Å². The first-order valence-electron chi connectivity index (χ1n) is 12.7. The lowest BCUT2D eigenvalue weighted by Gasteiger charge is -2.54. The van der Waals surface area contributed by atoms with Gasteiger partial charge >= 0.3 is 0 Å². The molecule has 3 aliphatic rings. The molecule has 0 aromatic heterocycles. The van der Waals surface area contributed by atoms with Crippen molar-refractivity contribution in [3.05, 3.63) is 82.1 Å². The number of amides is 1. The zero-order chi connectivity index (χ0) is 29.1. The van der Waals surface area contributed by atoms with Crippen molar-refractivity contribution in [1.29, 1.82) is 0 Å². The highest BCUT2D eigenvalue weighted by molar-refractivity contribution is 7.98. The minimum Gasteiger partial charge on any atom is -0.508 e. The minimum atomic E-state index is -2.93. The SMILES string of the molecule is CN(C)[C@@H]1C(=O)C(C(N)=O)=C(O)[C@@]2(O)C(=O)C3=C(O)c4c(O)cccc4[C@H](CSCc4ccccc4)[C@H]3[C@H](O)[C@@H]12. The van der Waals surface area contributed by atoms with Gasteiger partial charge in [-0.2, -0.15) is 11.8 Å². The predicted molar refractivity (Wildman–Crippen MR) is 147 cm³/mol. The molecule has 1 fully saturated rings. The number of fused-ring (bicyclic) bond motifs is 3. The van der Waals surface area contributed by atoms with Gasteiger partial charge in [-0.25, -0.2) is 0 Å². The number of benzene rings is 2. The van der Waals surface area contributed by atoms with Gasteiger partial charge < -0.3 is 31.3 Å². The summed E-state index contributed by atoms with van der Waals surface area (Å²) in [7, 11) is 2.96. The molecule has 5 rings (SSSR count). The summed E-state index contributed by atoms with van der Waals surface area (Å²) in [4.78, 5) is 41.0. The first-order valence-corrected chi connectivity index (χ1v) is 13.8. The van der Waals surface area contributed by atoms with E-state index in [0.29, 0.717) is 17.1 Å². The molecule has 3 aliphatic carbocycles. The number of aliphatic hydroxyl groups excluding tert-OH is 3. The Morgan fingerprint density at radius 1 is 1.05 bits per heavy atom. The van der Waals surface area contributed by atoms with E-state index >= 15 is 0 Å². The molecule has 10 nitrogen and oxygen atoms in total. The van der Waals surface area contributed by atoms with E-state index in [-0.39, 0.29) is 11.3 Å². The fourth-order valence-electron chi connectivity index (χ4n) is 6.47. The summed E-state index contributed by atoms with van der Waals surface area (Å²) in [6.45, 7) is 0. The summed E-state index contributed by atoms with van der Waals surface area (Å²) in [5, 5.41) is 56.8. The first kappa shape index (κ1) is 27.9. The number of phenolic OH excluding ortho intramolecular Hbond substituents is 1. The highest BCUT2D eigenvalue weighted by Gasteiger charge is 2.68. The molecule has 0 heterocycles. The number of hydrogen-bond donors (Lipinski definition) is 6. The Balaban J connectivity index is 1.69. The molecule has 0 aliphatic heterocycles. The van der Waals surface area contributed by atoms with Gasteiger partial charge in [0.25, 0.3) is 5.91 Å². The Kier molecular flexibility index (Phi) is 7.03. The molecule has 0 saturated heterocycles. The molecule has 0 unspecified atom stereocenters. The van der Waals surface area contributed by atoms with E-state index in [4.69, 9.17) is 5.73 Å². The molecule has 7 N–H and O–H groups in total. The van der Waals surface area contributed by atoms with Crippen molar-refractivity contribution in [2.75, 3.05) is 19.8 Å². The second-order valence-electron chi connectivity index (χ2n) is 10.6. The number of nitrogens with two attached hydrogens (primary N) is 1. The van der Waals surface area contributed by atoms with Crippen LogP contribution in [0.5, 0.6) is 5.75 Å². The number of nitrogens with zero attached hydrogens (tertiary/aromatic N) is 1. The average molecular weight is 567 g/mol. The molecule has 2 aromatic rings. The average Bonchev–Trinajstić information content (AvgIpc) is 2.90. The molecule has 0 spiro atoms. The number of aliphatic hydroxyl groups is 4. The van der Waals surface area contributed by atoms with Crippen LogP contribution < -0.4 is 5.73 Å². The van der Waals surface area contributed by atoms with Gasteiger partial charge in [0.1, 0.15) is 22.8 Å². The highest BCUT2D eigenvalue weighted by Crippen LogP contribution is 2.56. The van der Waals surface area contributed by atoms with E-state index in [1.807, 2.05) is 30.3 Å². The van der Waals surface area contributed by atoms with Gasteiger partial charge in [-0.3, -0.25) is 19.3 Å². The topological polar surface area (TPSA) is 182 Å².